The second kappa shape index (κ2) is 6.69. The van der Waals surface area contributed by atoms with E-state index in [1.54, 1.807) is 0 Å². The minimum absolute atomic E-state index is 0.0140. The van der Waals surface area contributed by atoms with E-state index in [0.717, 1.165) is 16.3 Å². The normalized spacial score (nSPS) is 10.3. The van der Waals surface area contributed by atoms with Crippen molar-refractivity contribution in [2.75, 3.05) is 5.43 Å². The number of aromatic amines is 2. The Morgan fingerprint density at radius 3 is 2.62 bits per heavy atom. The van der Waals surface area contributed by atoms with E-state index in [0.29, 0.717) is 0 Å². The van der Waals surface area contributed by atoms with Gasteiger partial charge in [-0.3, -0.25) is 15.0 Å². The Bertz CT molecular complexity index is 956. The van der Waals surface area contributed by atoms with E-state index in [2.05, 4.69) is 15.4 Å². The van der Waals surface area contributed by atoms with Gasteiger partial charge in [0.05, 0.1) is 0 Å². The number of rotatable bonds is 5. The van der Waals surface area contributed by atoms with E-state index in [1.807, 2.05) is 30.3 Å². The molecular formula is C16H14N4O4. The van der Waals surface area contributed by atoms with Crippen molar-refractivity contribution in [1.29, 1.82) is 0 Å². The van der Waals surface area contributed by atoms with Crippen LogP contribution in [0.3, 0.4) is 0 Å². The number of H-pyrrole nitrogens is 2. The average Bonchev–Trinajstić information content (AvgIpc) is 2.99. The van der Waals surface area contributed by atoms with Crippen LogP contribution in [0.4, 0.5) is 0 Å². The summed E-state index contributed by atoms with van der Waals surface area (Å²) in [7, 11) is 0. The van der Waals surface area contributed by atoms with Gasteiger partial charge in [-0.15, -0.1) is 0 Å². The van der Waals surface area contributed by atoms with Crippen LogP contribution < -0.4 is 21.3 Å². The molecule has 122 valence electrons. The summed E-state index contributed by atoms with van der Waals surface area (Å²) in [6.07, 6.45) is 4.06. The number of benzene rings is 1. The number of hydrogen-bond acceptors (Lipinski definition) is 4. The highest BCUT2D eigenvalue weighted by Crippen LogP contribution is 2.07. The summed E-state index contributed by atoms with van der Waals surface area (Å²) in [5, 5.41) is 0. The second-order valence-electron chi connectivity index (χ2n) is 4.93. The fourth-order valence-electron chi connectivity index (χ4n) is 2.02. The van der Waals surface area contributed by atoms with E-state index in [4.69, 9.17) is 4.74 Å². The summed E-state index contributed by atoms with van der Waals surface area (Å²) in [4.78, 5) is 40.4. The SMILES string of the molecule is O=C(Nn1cc[nH]c1=O)c1cc(=O)c(OCc2ccccc2)c[nH]1. The molecule has 8 nitrogen and oxygen atoms in total. The molecule has 2 aromatic heterocycles. The molecule has 0 atom stereocenters. The van der Waals surface area contributed by atoms with Crippen molar-refractivity contribution in [2.24, 2.45) is 0 Å². The number of imidazole rings is 1. The molecule has 0 unspecified atom stereocenters. The smallest absolute Gasteiger partial charge is 0.344 e. The van der Waals surface area contributed by atoms with Crippen LogP contribution in [0, 0.1) is 0 Å². The lowest BCUT2D eigenvalue weighted by atomic mass is 10.2. The Morgan fingerprint density at radius 1 is 1.17 bits per heavy atom. The summed E-state index contributed by atoms with van der Waals surface area (Å²) in [5.41, 5.74) is 2.34. The molecular weight excluding hydrogens is 312 g/mol. The highest BCUT2D eigenvalue weighted by Gasteiger charge is 2.11. The third kappa shape index (κ3) is 3.43. The van der Waals surface area contributed by atoms with E-state index in [9.17, 15) is 14.4 Å². The van der Waals surface area contributed by atoms with Gasteiger partial charge < -0.3 is 14.7 Å². The monoisotopic (exact) mass is 326 g/mol. The maximum Gasteiger partial charge on any atom is 0.344 e. The van der Waals surface area contributed by atoms with Gasteiger partial charge in [-0.25, -0.2) is 9.47 Å². The number of amides is 1. The van der Waals surface area contributed by atoms with E-state index in [-0.39, 0.29) is 18.1 Å². The van der Waals surface area contributed by atoms with Gasteiger partial charge in [0.15, 0.2) is 5.75 Å². The Balaban J connectivity index is 1.70. The lowest BCUT2D eigenvalue weighted by Gasteiger charge is -2.07. The maximum absolute atomic E-state index is 12.0. The predicted molar refractivity (Wildman–Crippen MR) is 86.6 cm³/mol. The quantitative estimate of drug-likeness (QED) is 0.645. The number of aromatic nitrogens is 3. The van der Waals surface area contributed by atoms with Crippen molar-refractivity contribution in [1.82, 2.24) is 14.6 Å². The summed E-state index contributed by atoms with van der Waals surface area (Å²) < 4.78 is 6.42. The Hall–Kier alpha value is -3.55. The third-order valence-corrected chi connectivity index (χ3v) is 3.23. The number of hydrogen-bond donors (Lipinski definition) is 3. The number of ether oxygens (including phenoxy) is 1. The van der Waals surface area contributed by atoms with Crippen molar-refractivity contribution >= 4 is 5.91 Å². The molecule has 0 spiro atoms. The van der Waals surface area contributed by atoms with Crippen LogP contribution in [-0.4, -0.2) is 20.6 Å². The maximum atomic E-state index is 12.0. The molecule has 3 rings (SSSR count). The van der Waals surface area contributed by atoms with Gasteiger partial charge in [0.1, 0.15) is 12.3 Å². The number of carbonyl (C=O) groups excluding carboxylic acids is 1. The first-order chi connectivity index (χ1) is 11.6. The van der Waals surface area contributed by atoms with Crippen molar-refractivity contribution in [3.63, 3.8) is 0 Å². The summed E-state index contributed by atoms with van der Waals surface area (Å²) in [5.74, 6) is -0.516. The van der Waals surface area contributed by atoms with E-state index >= 15 is 0 Å². The molecule has 1 aromatic carbocycles. The molecule has 0 bridgehead atoms. The third-order valence-electron chi connectivity index (χ3n) is 3.23. The number of nitrogens with zero attached hydrogens (tertiary/aromatic N) is 1. The van der Waals surface area contributed by atoms with Gasteiger partial charge in [-0.05, 0) is 5.56 Å². The summed E-state index contributed by atoms with van der Waals surface area (Å²) >= 11 is 0. The highest BCUT2D eigenvalue weighted by atomic mass is 16.5. The van der Waals surface area contributed by atoms with Crippen molar-refractivity contribution in [3.8, 4) is 5.75 Å². The van der Waals surface area contributed by atoms with Crippen molar-refractivity contribution < 1.29 is 9.53 Å². The minimum atomic E-state index is -0.622. The summed E-state index contributed by atoms with van der Waals surface area (Å²) in [6, 6.07) is 10.5. The van der Waals surface area contributed by atoms with Gasteiger partial charge in [0.25, 0.3) is 5.91 Å². The van der Waals surface area contributed by atoms with Gasteiger partial charge >= 0.3 is 5.69 Å². The van der Waals surface area contributed by atoms with Crippen LogP contribution in [0.1, 0.15) is 16.1 Å². The fourth-order valence-corrected chi connectivity index (χ4v) is 2.02. The molecule has 0 fully saturated rings. The van der Waals surface area contributed by atoms with E-state index in [1.165, 1.54) is 18.6 Å². The number of carbonyl (C=O) groups is 1. The first kappa shape index (κ1) is 15.3. The predicted octanol–water partition coefficient (Wildman–Crippen LogP) is 0.828. The van der Waals surface area contributed by atoms with E-state index < -0.39 is 17.0 Å². The van der Waals surface area contributed by atoms with Crippen LogP contribution in [0.15, 0.2) is 64.6 Å². The molecule has 3 aromatic rings. The lowest BCUT2D eigenvalue weighted by molar-refractivity contribution is 0.100. The van der Waals surface area contributed by atoms with Gasteiger partial charge in [0, 0.05) is 24.7 Å². The van der Waals surface area contributed by atoms with Crippen molar-refractivity contribution in [2.45, 2.75) is 6.61 Å². The molecule has 0 aliphatic heterocycles. The van der Waals surface area contributed by atoms with Gasteiger partial charge in [0.2, 0.25) is 5.43 Å². The fraction of sp³-hybridized carbons (Fsp3) is 0.0625. The summed E-state index contributed by atoms with van der Waals surface area (Å²) in [6.45, 7) is 0.244. The zero-order chi connectivity index (χ0) is 16.9. The Kier molecular flexibility index (Phi) is 4.28. The first-order valence-electron chi connectivity index (χ1n) is 7.10. The molecule has 0 saturated carbocycles. The first-order valence-corrected chi connectivity index (χ1v) is 7.10. The second-order valence-corrected chi connectivity index (χ2v) is 4.93. The van der Waals surface area contributed by atoms with Gasteiger partial charge in [-0.2, -0.15) is 0 Å². The topological polar surface area (TPSA) is 109 Å². The standard InChI is InChI=1S/C16H14N4O4/c21-13-8-12(15(22)19-20-7-6-17-16(20)23)18-9-14(13)24-10-11-4-2-1-3-5-11/h1-9H,10H2,(H,17,23)(H,18,21)(H,19,22). The highest BCUT2D eigenvalue weighted by molar-refractivity contribution is 5.98. The number of nitrogens with one attached hydrogen (secondary N) is 3. The lowest BCUT2D eigenvalue weighted by Crippen LogP contribution is -2.31. The molecule has 0 aliphatic rings. The molecule has 3 N–H and O–H groups in total. The zero-order valence-corrected chi connectivity index (χ0v) is 12.5. The van der Waals surface area contributed by atoms with Crippen LogP contribution in [0.5, 0.6) is 5.75 Å². The van der Waals surface area contributed by atoms with Crippen LogP contribution >= 0.6 is 0 Å². The Morgan fingerprint density at radius 2 is 1.96 bits per heavy atom. The molecule has 2 heterocycles. The molecule has 1 amide bonds. The molecule has 0 aliphatic carbocycles. The molecule has 24 heavy (non-hydrogen) atoms. The Labute approximate surface area is 135 Å². The largest absolute Gasteiger partial charge is 0.483 e. The van der Waals surface area contributed by atoms with Crippen molar-refractivity contribution in [3.05, 3.63) is 87.0 Å². The average molecular weight is 326 g/mol. The van der Waals surface area contributed by atoms with Crippen LogP contribution in [0.25, 0.3) is 0 Å². The number of pyridine rings is 1. The molecule has 8 heteroatoms. The van der Waals surface area contributed by atoms with Crippen LogP contribution in [0.2, 0.25) is 0 Å². The van der Waals surface area contributed by atoms with Crippen LogP contribution in [-0.2, 0) is 6.61 Å². The molecule has 0 radical (unpaired) electrons. The van der Waals surface area contributed by atoms with Gasteiger partial charge in [-0.1, -0.05) is 30.3 Å². The zero-order valence-electron chi connectivity index (χ0n) is 12.5. The molecule has 0 saturated heterocycles. The minimum Gasteiger partial charge on any atom is -0.483 e.